The minimum Gasteiger partial charge on any atom is -0.479 e. The number of hydrogen-bond donors (Lipinski definition) is 2. The Morgan fingerprint density at radius 3 is 1.03 bits per heavy atom. The van der Waals surface area contributed by atoms with Crippen LogP contribution >= 0.6 is 0 Å². The molecule has 2 aliphatic carbocycles. The second-order valence-corrected chi connectivity index (χ2v) is 8.64. The lowest BCUT2D eigenvalue weighted by Gasteiger charge is -2.35. The summed E-state index contributed by atoms with van der Waals surface area (Å²) in [6, 6.07) is 5.32. The number of carboxylic acid groups (broad SMARTS) is 2. The van der Waals surface area contributed by atoms with Gasteiger partial charge in [-0.25, -0.2) is 9.59 Å². The normalized spacial score (nSPS) is 21.8. The van der Waals surface area contributed by atoms with Gasteiger partial charge in [0.2, 0.25) is 0 Å². The summed E-state index contributed by atoms with van der Waals surface area (Å²) in [4.78, 5) is 77.9. The molecular weight excluding hydrogens is 420 g/mol. The number of nitrogens with zero attached hydrogens (tertiary/aromatic N) is 2. The van der Waals surface area contributed by atoms with E-state index in [0.29, 0.717) is 0 Å². The molecule has 0 aromatic heterocycles. The number of carbonyl (C=O) groups is 6. The van der Waals surface area contributed by atoms with Crippen LogP contribution in [0.25, 0.3) is 10.8 Å². The molecule has 4 aliphatic rings. The summed E-state index contributed by atoms with van der Waals surface area (Å²) >= 11 is 0. The molecule has 0 atom stereocenters. The van der Waals surface area contributed by atoms with E-state index in [1.165, 1.54) is 24.3 Å². The molecular formula is C22H14N2O8. The summed E-state index contributed by atoms with van der Waals surface area (Å²) in [5, 5.41) is 19.5. The van der Waals surface area contributed by atoms with E-state index in [1.54, 1.807) is 0 Å². The lowest BCUT2D eigenvalue weighted by molar-refractivity contribution is -0.144. The predicted octanol–water partition coefficient (Wildman–Crippen LogP) is 1.27. The van der Waals surface area contributed by atoms with Crippen molar-refractivity contribution < 1.29 is 39.0 Å². The first-order chi connectivity index (χ1) is 15.2. The number of carboxylic acids is 2. The van der Waals surface area contributed by atoms with Crippen molar-refractivity contribution in [2.75, 3.05) is 0 Å². The molecule has 32 heavy (non-hydrogen) atoms. The van der Waals surface area contributed by atoms with Crippen molar-refractivity contribution >= 4 is 46.3 Å². The summed E-state index contributed by atoms with van der Waals surface area (Å²) in [5.74, 6) is -5.71. The fraction of sp³-hybridized carbons (Fsp3) is 0.273. The average molecular weight is 434 g/mol. The fourth-order valence-electron chi connectivity index (χ4n) is 4.96. The SMILES string of the molecule is O=C1c2ccc3c4c(ccc(c24)C(=O)N1C1(C(=O)O)CC1)C(=O)N(C1(C(=O)O)CC1)C3=O. The van der Waals surface area contributed by atoms with Gasteiger partial charge in [0.15, 0.2) is 0 Å². The highest BCUT2D eigenvalue weighted by molar-refractivity contribution is 6.34. The number of rotatable bonds is 4. The zero-order chi connectivity index (χ0) is 22.7. The maximum absolute atomic E-state index is 13.2. The van der Waals surface area contributed by atoms with Gasteiger partial charge in [0.1, 0.15) is 11.1 Å². The van der Waals surface area contributed by atoms with Crippen LogP contribution in [0.15, 0.2) is 24.3 Å². The van der Waals surface area contributed by atoms with Gasteiger partial charge in [-0.1, -0.05) is 0 Å². The van der Waals surface area contributed by atoms with Crippen LogP contribution < -0.4 is 0 Å². The summed E-state index contributed by atoms with van der Waals surface area (Å²) in [5.41, 5.74) is -3.06. The van der Waals surface area contributed by atoms with Crippen LogP contribution in [0.3, 0.4) is 0 Å². The van der Waals surface area contributed by atoms with Crippen molar-refractivity contribution in [3.05, 3.63) is 46.5 Å². The molecule has 0 unspecified atom stereocenters. The highest BCUT2D eigenvalue weighted by atomic mass is 16.4. The molecule has 2 aromatic carbocycles. The molecule has 160 valence electrons. The molecule has 10 nitrogen and oxygen atoms in total. The third kappa shape index (κ3) is 1.91. The van der Waals surface area contributed by atoms with Crippen LogP contribution in [0, 0.1) is 0 Å². The topological polar surface area (TPSA) is 149 Å². The minimum absolute atomic E-state index is 0.0288. The number of benzene rings is 2. The zero-order valence-corrected chi connectivity index (χ0v) is 16.4. The second kappa shape index (κ2) is 5.39. The van der Waals surface area contributed by atoms with Crippen LogP contribution in [0.4, 0.5) is 0 Å². The Balaban J connectivity index is 1.58. The first-order valence-electron chi connectivity index (χ1n) is 10.00. The number of hydrogen-bond acceptors (Lipinski definition) is 6. The quantitative estimate of drug-likeness (QED) is 0.683. The highest BCUT2D eigenvalue weighted by Gasteiger charge is 2.63. The van der Waals surface area contributed by atoms with Crippen LogP contribution in [0.2, 0.25) is 0 Å². The number of aliphatic carboxylic acids is 2. The largest absolute Gasteiger partial charge is 0.479 e. The monoisotopic (exact) mass is 434 g/mol. The van der Waals surface area contributed by atoms with Gasteiger partial charge in [0.25, 0.3) is 23.6 Å². The Morgan fingerprint density at radius 2 is 0.844 bits per heavy atom. The second-order valence-electron chi connectivity index (χ2n) is 8.64. The Hall–Kier alpha value is -4.08. The Kier molecular flexibility index (Phi) is 3.15. The fourth-order valence-corrected chi connectivity index (χ4v) is 4.96. The van der Waals surface area contributed by atoms with Gasteiger partial charge in [-0.15, -0.1) is 0 Å². The van der Waals surface area contributed by atoms with Gasteiger partial charge in [0, 0.05) is 33.0 Å². The van der Waals surface area contributed by atoms with E-state index in [2.05, 4.69) is 0 Å². The van der Waals surface area contributed by atoms with E-state index in [0.717, 1.165) is 9.80 Å². The molecule has 0 bridgehead atoms. The molecule has 0 saturated heterocycles. The van der Waals surface area contributed by atoms with Crippen LogP contribution in [-0.2, 0) is 9.59 Å². The van der Waals surface area contributed by atoms with Gasteiger partial charge in [-0.3, -0.25) is 29.0 Å². The van der Waals surface area contributed by atoms with E-state index >= 15 is 0 Å². The number of imide groups is 2. The van der Waals surface area contributed by atoms with E-state index < -0.39 is 46.6 Å². The lowest BCUT2D eigenvalue weighted by atomic mass is 9.85. The highest BCUT2D eigenvalue weighted by Crippen LogP contribution is 2.49. The maximum Gasteiger partial charge on any atom is 0.330 e. The molecule has 2 aliphatic heterocycles. The van der Waals surface area contributed by atoms with Crippen LogP contribution in [0.5, 0.6) is 0 Å². The van der Waals surface area contributed by atoms with Gasteiger partial charge >= 0.3 is 11.9 Å². The average Bonchev–Trinajstić information content (AvgIpc) is 3.65. The molecule has 10 heteroatoms. The molecule has 0 spiro atoms. The van der Waals surface area contributed by atoms with Crippen molar-refractivity contribution in [3.8, 4) is 0 Å². The van der Waals surface area contributed by atoms with E-state index in [4.69, 9.17) is 0 Å². The molecule has 6 rings (SSSR count). The van der Waals surface area contributed by atoms with Crippen molar-refractivity contribution in [1.82, 2.24) is 9.80 Å². The van der Waals surface area contributed by atoms with Crippen molar-refractivity contribution in [2.45, 2.75) is 36.8 Å². The molecule has 2 heterocycles. The number of amides is 4. The van der Waals surface area contributed by atoms with E-state index in [-0.39, 0.29) is 58.7 Å². The molecule has 2 N–H and O–H groups in total. The summed E-state index contributed by atoms with van der Waals surface area (Å²) < 4.78 is 0. The van der Waals surface area contributed by atoms with E-state index in [9.17, 15) is 39.0 Å². The van der Waals surface area contributed by atoms with Gasteiger partial charge in [-0.2, -0.15) is 0 Å². The first-order valence-corrected chi connectivity index (χ1v) is 10.00. The Bertz CT molecular complexity index is 1210. The van der Waals surface area contributed by atoms with E-state index in [1.807, 2.05) is 0 Å². The van der Waals surface area contributed by atoms with Crippen LogP contribution in [-0.4, -0.2) is 66.7 Å². The molecule has 0 radical (unpaired) electrons. The molecule has 4 amide bonds. The van der Waals surface area contributed by atoms with Crippen molar-refractivity contribution in [3.63, 3.8) is 0 Å². The van der Waals surface area contributed by atoms with Crippen molar-refractivity contribution in [1.29, 1.82) is 0 Å². The smallest absolute Gasteiger partial charge is 0.330 e. The molecule has 2 aromatic rings. The van der Waals surface area contributed by atoms with Gasteiger partial charge < -0.3 is 10.2 Å². The van der Waals surface area contributed by atoms with Gasteiger partial charge in [0.05, 0.1) is 0 Å². The first kappa shape index (κ1) is 18.7. The standard InChI is InChI=1S/C22H14N2O8/c25-15-9-1-2-10-14-12(18(28)24(16(10)26)22(7-8-22)20(31)32)4-3-11(13(9)14)17(27)23(15)21(5-6-21)19(29)30/h1-4H,5-8H2,(H,29,30)(H,31,32). The third-order valence-electron chi connectivity index (χ3n) is 6.99. The lowest BCUT2D eigenvalue weighted by Crippen LogP contribution is -2.54. The zero-order valence-electron chi connectivity index (χ0n) is 16.4. The Morgan fingerprint density at radius 1 is 0.594 bits per heavy atom. The molecule has 2 fully saturated rings. The predicted molar refractivity (Wildman–Crippen MR) is 104 cm³/mol. The Labute approximate surface area is 179 Å². The molecule has 2 saturated carbocycles. The van der Waals surface area contributed by atoms with Gasteiger partial charge in [-0.05, 0) is 49.9 Å². The van der Waals surface area contributed by atoms with Crippen LogP contribution in [0.1, 0.15) is 67.1 Å². The summed E-state index contributed by atoms with van der Waals surface area (Å²) in [7, 11) is 0. The summed E-state index contributed by atoms with van der Waals surface area (Å²) in [6.45, 7) is 0. The van der Waals surface area contributed by atoms with Crippen molar-refractivity contribution in [2.24, 2.45) is 0 Å². The minimum atomic E-state index is -1.59. The summed E-state index contributed by atoms with van der Waals surface area (Å²) in [6.07, 6.45) is 0.602. The third-order valence-corrected chi connectivity index (χ3v) is 6.99. The maximum atomic E-state index is 13.2. The number of carbonyl (C=O) groups excluding carboxylic acids is 4.